The zero-order chi connectivity index (χ0) is 46.4. The van der Waals surface area contributed by atoms with Crippen LogP contribution in [0.15, 0.2) is 60.8 Å². The average Bonchev–Trinajstić information content (AvgIpc) is 3.24. The van der Waals surface area contributed by atoms with E-state index in [1.54, 1.807) is 6.08 Å². The summed E-state index contributed by atoms with van der Waals surface area (Å²) in [5.41, 5.74) is 0. The summed E-state index contributed by atoms with van der Waals surface area (Å²) in [5.74, 6) is -0.200. The van der Waals surface area contributed by atoms with Crippen LogP contribution in [0.2, 0.25) is 0 Å². The van der Waals surface area contributed by atoms with Crippen molar-refractivity contribution in [1.29, 1.82) is 0 Å². The SMILES string of the molecule is CCCCC/C=C\C/C=C\CCCCCCCCCC(=O)NC(COP(=O)(O)OCC[N+](C)(C)C)C(O)/C=C/CC/C=C/CC/C=C/CCCCCCCCCCCCCCCC. The molecule has 0 aromatic heterocycles. The molecule has 0 radical (unpaired) electrons. The van der Waals surface area contributed by atoms with Gasteiger partial charge in [-0.3, -0.25) is 13.8 Å². The van der Waals surface area contributed by atoms with Crippen LogP contribution in [0.3, 0.4) is 0 Å². The largest absolute Gasteiger partial charge is 0.472 e. The van der Waals surface area contributed by atoms with Crippen molar-refractivity contribution < 1.29 is 32.9 Å². The van der Waals surface area contributed by atoms with E-state index in [4.69, 9.17) is 9.05 Å². The average molecular weight is 906 g/mol. The molecule has 3 N–H and O–H groups in total. The lowest BCUT2D eigenvalue weighted by Gasteiger charge is -2.25. The molecule has 8 nitrogen and oxygen atoms in total. The van der Waals surface area contributed by atoms with Crippen LogP contribution in [0, 0.1) is 0 Å². The first-order valence-corrected chi connectivity index (χ1v) is 27.7. The maximum Gasteiger partial charge on any atom is 0.472 e. The van der Waals surface area contributed by atoms with Crippen molar-refractivity contribution in [3.05, 3.63) is 60.8 Å². The lowest BCUT2D eigenvalue weighted by molar-refractivity contribution is -0.870. The highest BCUT2D eigenvalue weighted by Crippen LogP contribution is 2.43. The summed E-state index contributed by atoms with van der Waals surface area (Å²) in [5, 5.41) is 13.9. The van der Waals surface area contributed by atoms with Crippen molar-refractivity contribution in [2.75, 3.05) is 40.9 Å². The zero-order valence-corrected chi connectivity index (χ0v) is 42.7. The van der Waals surface area contributed by atoms with Gasteiger partial charge in [0.05, 0.1) is 39.9 Å². The van der Waals surface area contributed by atoms with Crippen LogP contribution in [0.5, 0.6) is 0 Å². The number of rotatable bonds is 47. The molecule has 0 rings (SSSR count). The Kier molecular flexibility index (Phi) is 44.1. The van der Waals surface area contributed by atoms with E-state index in [1.165, 1.54) is 141 Å². The summed E-state index contributed by atoms with van der Waals surface area (Å²) in [7, 11) is 1.54. The first-order valence-electron chi connectivity index (χ1n) is 26.2. The fourth-order valence-electron chi connectivity index (χ4n) is 7.28. The van der Waals surface area contributed by atoms with Gasteiger partial charge in [-0.15, -0.1) is 0 Å². The minimum atomic E-state index is -4.36. The van der Waals surface area contributed by atoms with E-state index < -0.39 is 20.0 Å². The number of quaternary nitrogens is 1. The molecule has 63 heavy (non-hydrogen) atoms. The van der Waals surface area contributed by atoms with E-state index in [-0.39, 0.29) is 19.1 Å². The number of carbonyl (C=O) groups excluding carboxylic acids is 1. The fourth-order valence-corrected chi connectivity index (χ4v) is 8.02. The number of aliphatic hydroxyl groups excluding tert-OH is 1. The summed E-state index contributed by atoms with van der Waals surface area (Å²) in [4.78, 5) is 23.2. The number of phosphoric acid groups is 1. The van der Waals surface area contributed by atoms with Crippen molar-refractivity contribution >= 4 is 13.7 Å². The van der Waals surface area contributed by atoms with E-state index in [1.807, 2.05) is 27.2 Å². The number of unbranched alkanes of at least 4 members (excludes halogenated alkanes) is 26. The van der Waals surface area contributed by atoms with Gasteiger partial charge in [0, 0.05) is 6.42 Å². The standard InChI is InChI=1S/C54H101N2O6P/c1-6-8-10-12-14-16-18-20-22-24-25-26-27-28-29-30-32-33-35-37-39-41-43-45-47-53(57)52(51-62-63(59,60)61-50-49-56(3,4)5)55-54(58)48-46-44-42-40-38-36-34-31-23-21-19-17-15-13-11-9-7-2/h15,17,21,23,30,32,37,39,45,47,52-53,57H,6-14,16,18-20,22,24-29,31,33-36,38,40-44,46,48-51H2,1-5H3,(H-,55,58,59,60)/p+1/b17-15-,23-21-,32-30+,39-37+,47-45+. The minimum absolute atomic E-state index is 0.0499. The van der Waals surface area contributed by atoms with Gasteiger partial charge in [0.1, 0.15) is 13.2 Å². The molecule has 368 valence electrons. The summed E-state index contributed by atoms with van der Waals surface area (Å²) in [6.07, 6.45) is 60.2. The van der Waals surface area contributed by atoms with Gasteiger partial charge in [0.15, 0.2) is 0 Å². The Labute approximate surface area is 390 Å². The molecule has 0 aliphatic rings. The van der Waals surface area contributed by atoms with Crippen LogP contribution in [0.4, 0.5) is 0 Å². The molecular formula is C54H102N2O6P+. The summed E-state index contributed by atoms with van der Waals surface area (Å²) in [6.45, 7) is 4.76. The topological polar surface area (TPSA) is 105 Å². The number of amides is 1. The van der Waals surface area contributed by atoms with E-state index in [2.05, 4.69) is 67.8 Å². The van der Waals surface area contributed by atoms with E-state index in [0.717, 1.165) is 64.2 Å². The molecule has 1 amide bonds. The monoisotopic (exact) mass is 906 g/mol. The Morgan fingerprint density at radius 2 is 0.921 bits per heavy atom. The van der Waals surface area contributed by atoms with Gasteiger partial charge in [-0.05, 0) is 77.0 Å². The molecule has 0 aliphatic heterocycles. The van der Waals surface area contributed by atoms with Gasteiger partial charge >= 0.3 is 7.82 Å². The van der Waals surface area contributed by atoms with Crippen molar-refractivity contribution in [3.8, 4) is 0 Å². The van der Waals surface area contributed by atoms with E-state index in [9.17, 15) is 19.4 Å². The molecule has 0 aromatic rings. The molecule has 0 fully saturated rings. The quantitative estimate of drug-likeness (QED) is 0.0243. The highest BCUT2D eigenvalue weighted by atomic mass is 31.2. The second kappa shape index (κ2) is 45.4. The molecule has 0 aromatic carbocycles. The van der Waals surface area contributed by atoms with Crippen molar-refractivity contribution in [2.24, 2.45) is 0 Å². The minimum Gasteiger partial charge on any atom is -0.387 e. The number of allylic oxidation sites excluding steroid dienone is 9. The lowest BCUT2D eigenvalue weighted by Crippen LogP contribution is -2.45. The van der Waals surface area contributed by atoms with E-state index in [0.29, 0.717) is 17.4 Å². The van der Waals surface area contributed by atoms with Gasteiger partial charge in [-0.25, -0.2) is 4.57 Å². The molecule has 3 atom stereocenters. The predicted octanol–water partition coefficient (Wildman–Crippen LogP) is 15.4. The third-order valence-electron chi connectivity index (χ3n) is 11.4. The summed E-state index contributed by atoms with van der Waals surface area (Å²) >= 11 is 0. The first-order chi connectivity index (χ1) is 30.5. The zero-order valence-electron chi connectivity index (χ0n) is 41.8. The number of likely N-dealkylation sites (N-methyl/N-ethyl adjacent to an activating group) is 1. The molecule has 0 saturated carbocycles. The van der Waals surface area contributed by atoms with Crippen LogP contribution in [0.1, 0.15) is 226 Å². The number of carbonyl (C=O) groups is 1. The number of nitrogens with one attached hydrogen (secondary N) is 1. The molecular weight excluding hydrogens is 804 g/mol. The molecule has 0 heterocycles. The number of nitrogens with zero attached hydrogens (tertiary/aromatic N) is 1. The predicted molar refractivity (Wildman–Crippen MR) is 272 cm³/mol. The van der Waals surface area contributed by atoms with Crippen LogP contribution in [-0.4, -0.2) is 73.4 Å². The smallest absolute Gasteiger partial charge is 0.387 e. The molecule has 0 spiro atoms. The Bertz CT molecular complexity index is 1210. The molecule has 0 aliphatic carbocycles. The first kappa shape index (κ1) is 61.2. The maximum absolute atomic E-state index is 12.9. The Balaban J connectivity index is 4.38. The summed E-state index contributed by atoms with van der Waals surface area (Å²) < 4.78 is 23.6. The second-order valence-corrected chi connectivity index (χ2v) is 20.3. The van der Waals surface area contributed by atoms with Gasteiger partial charge in [0.25, 0.3) is 0 Å². The van der Waals surface area contributed by atoms with Gasteiger partial charge in [-0.1, -0.05) is 203 Å². The number of phosphoric ester groups is 1. The fraction of sp³-hybridized carbons (Fsp3) is 0.796. The van der Waals surface area contributed by atoms with E-state index >= 15 is 0 Å². The number of hydrogen-bond acceptors (Lipinski definition) is 5. The van der Waals surface area contributed by atoms with Crippen LogP contribution >= 0.6 is 7.82 Å². The molecule has 9 heteroatoms. The highest BCUT2D eigenvalue weighted by molar-refractivity contribution is 7.47. The Hall–Kier alpha value is -1.80. The third-order valence-corrected chi connectivity index (χ3v) is 12.4. The normalized spacial score (nSPS) is 14.6. The maximum atomic E-state index is 12.9. The molecule has 3 unspecified atom stereocenters. The lowest BCUT2D eigenvalue weighted by atomic mass is 10.0. The summed E-state index contributed by atoms with van der Waals surface area (Å²) in [6, 6.07) is -0.876. The van der Waals surface area contributed by atoms with Gasteiger partial charge in [-0.2, -0.15) is 0 Å². The van der Waals surface area contributed by atoms with Gasteiger partial charge < -0.3 is 19.8 Å². The third kappa shape index (κ3) is 48.0. The Morgan fingerprint density at radius 3 is 1.40 bits per heavy atom. The van der Waals surface area contributed by atoms with Crippen LogP contribution in [0.25, 0.3) is 0 Å². The Morgan fingerprint density at radius 1 is 0.540 bits per heavy atom. The second-order valence-electron chi connectivity index (χ2n) is 18.9. The highest BCUT2D eigenvalue weighted by Gasteiger charge is 2.27. The number of hydrogen-bond donors (Lipinski definition) is 3. The van der Waals surface area contributed by atoms with Gasteiger partial charge in [0.2, 0.25) is 5.91 Å². The molecule has 0 saturated heterocycles. The van der Waals surface area contributed by atoms with Crippen molar-refractivity contribution in [2.45, 2.75) is 238 Å². The molecule has 0 bridgehead atoms. The van der Waals surface area contributed by atoms with Crippen molar-refractivity contribution in [3.63, 3.8) is 0 Å². The van der Waals surface area contributed by atoms with Crippen LogP contribution in [-0.2, 0) is 18.4 Å². The number of aliphatic hydroxyl groups is 1. The van der Waals surface area contributed by atoms with Crippen molar-refractivity contribution in [1.82, 2.24) is 5.32 Å². The van der Waals surface area contributed by atoms with Crippen LogP contribution < -0.4 is 5.32 Å².